The number of carbonyl (C=O) groups is 3. The van der Waals surface area contributed by atoms with Gasteiger partial charge in [-0.2, -0.15) is 5.26 Å². The molecule has 0 radical (unpaired) electrons. The molecule has 0 atom stereocenters. The molecule has 2 aromatic rings. The molecule has 0 spiro atoms. The van der Waals surface area contributed by atoms with Crippen LogP contribution in [-0.2, 0) is 9.59 Å². The summed E-state index contributed by atoms with van der Waals surface area (Å²) in [6, 6.07) is 11.9. The highest BCUT2D eigenvalue weighted by molar-refractivity contribution is 6.13. The molecule has 1 saturated carbocycles. The molecule has 3 amide bonds. The third kappa shape index (κ3) is 3.59. The van der Waals surface area contributed by atoms with E-state index in [4.69, 9.17) is 9.68 Å². The monoisotopic (exact) mass is 392 g/mol. The zero-order chi connectivity index (χ0) is 20.4. The van der Waals surface area contributed by atoms with Crippen molar-refractivity contribution in [2.24, 2.45) is 5.41 Å². The molecule has 0 bridgehead atoms. The van der Waals surface area contributed by atoms with Crippen molar-refractivity contribution in [3.05, 3.63) is 54.0 Å². The van der Waals surface area contributed by atoms with Gasteiger partial charge in [-0.05, 0) is 43.2 Å². The lowest BCUT2D eigenvalue weighted by atomic mass is 10.0. The van der Waals surface area contributed by atoms with Crippen molar-refractivity contribution in [2.45, 2.75) is 12.8 Å². The Morgan fingerprint density at radius 2 is 1.76 bits per heavy atom. The Labute approximate surface area is 167 Å². The summed E-state index contributed by atoms with van der Waals surface area (Å²) in [6.45, 7) is 1.55. The third-order valence-electron chi connectivity index (χ3n) is 5.43. The minimum atomic E-state index is -1.05. The smallest absolute Gasteiger partial charge is 0.289 e. The molecule has 1 aromatic heterocycles. The van der Waals surface area contributed by atoms with E-state index in [1.165, 1.54) is 6.26 Å². The van der Waals surface area contributed by atoms with E-state index in [9.17, 15) is 14.4 Å². The second-order valence-corrected chi connectivity index (χ2v) is 7.29. The van der Waals surface area contributed by atoms with E-state index < -0.39 is 5.41 Å². The van der Waals surface area contributed by atoms with Gasteiger partial charge in [0.25, 0.3) is 5.91 Å². The molecular formula is C21H20N4O4. The number of nitrogens with one attached hydrogen (secondary N) is 1. The first-order valence-electron chi connectivity index (χ1n) is 9.47. The second-order valence-electron chi connectivity index (χ2n) is 7.29. The average Bonchev–Trinajstić information content (AvgIpc) is 3.39. The summed E-state index contributed by atoms with van der Waals surface area (Å²) < 4.78 is 5.15. The lowest BCUT2D eigenvalue weighted by molar-refractivity contribution is -0.143. The third-order valence-corrected chi connectivity index (χ3v) is 5.43. The van der Waals surface area contributed by atoms with Gasteiger partial charge in [-0.15, -0.1) is 0 Å². The number of furan rings is 1. The number of benzene rings is 1. The van der Waals surface area contributed by atoms with Gasteiger partial charge in [0.2, 0.25) is 11.8 Å². The molecule has 1 aliphatic heterocycles. The summed E-state index contributed by atoms with van der Waals surface area (Å²) in [7, 11) is 0. The fraction of sp³-hybridized carbons (Fsp3) is 0.333. The van der Waals surface area contributed by atoms with Gasteiger partial charge in [0.1, 0.15) is 5.41 Å². The number of nitrogens with zero attached hydrogens (tertiary/aromatic N) is 3. The SMILES string of the molecule is N#Cc1cccc(NC(=O)C2(C(=O)N3CCN(C(=O)c4ccco4)CC3)CC2)c1. The predicted octanol–water partition coefficient (Wildman–Crippen LogP) is 1.85. The van der Waals surface area contributed by atoms with Crippen LogP contribution in [0.15, 0.2) is 47.1 Å². The Balaban J connectivity index is 1.37. The van der Waals surface area contributed by atoms with Crippen LogP contribution in [0.5, 0.6) is 0 Å². The summed E-state index contributed by atoms with van der Waals surface area (Å²) in [4.78, 5) is 41.5. The van der Waals surface area contributed by atoms with E-state index in [-0.39, 0.29) is 23.5 Å². The standard InChI is InChI=1S/C21H20N4O4/c22-14-15-3-1-4-16(13-15)23-19(27)21(6-7-21)20(28)25-10-8-24(9-11-25)18(26)17-5-2-12-29-17/h1-5,12-13H,6-11H2,(H,23,27). The van der Waals surface area contributed by atoms with Crippen LogP contribution in [0.3, 0.4) is 0 Å². The van der Waals surface area contributed by atoms with Gasteiger partial charge in [-0.1, -0.05) is 6.07 Å². The Bertz CT molecular complexity index is 980. The minimum absolute atomic E-state index is 0.196. The normalized spacial score (nSPS) is 17.3. The molecule has 1 aromatic carbocycles. The van der Waals surface area contributed by atoms with Gasteiger partial charge < -0.3 is 19.5 Å². The van der Waals surface area contributed by atoms with Crippen LogP contribution >= 0.6 is 0 Å². The highest BCUT2D eigenvalue weighted by Gasteiger charge is 2.58. The van der Waals surface area contributed by atoms with Gasteiger partial charge in [-0.3, -0.25) is 14.4 Å². The fourth-order valence-corrected chi connectivity index (χ4v) is 3.55. The Hall–Kier alpha value is -3.60. The summed E-state index contributed by atoms with van der Waals surface area (Å²) in [5.74, 6) is -0.455. The zero-order valence-electron chi connectivity index (χ0n) is 15.8. The summed E-state index contributed by atoms with van der Waals surface area (Å²) in [6.07, 6.45) is 2.46. The number of rotatable bonds is 4. The molecule has 2 heterocycles. The van der Waals surface area contributed by atoms with Gasteiger partial charge in [0.05, 0.1) is 17.9 Å². The minimum Gasteiger partial charge on any atom is -0.459 e. The maximum Gasteiger partial charge on any atom is 0.289 e. The van der Waals surface area contributed by atoms with Crippen LogP contribution in [-0.4, -0.2) is 53.7 Å². The number of hydrogen-bond donors (Lipinski definition) is 1. The van der Waals surface area contributed by atoms with Crippen molar-refractivity contribution in [1.82, 2.24) is 9.80 Å². The van der Waals surface area contributed by atoms with Gasteiger partial charge in [0.15, 0.2) is 5.76 Å². The largest absolute Gasteiger partial charge is 0.459 e. The average molecular weight is 392 g/mol. The molecule has 8 nitrogen and oxygen atoms in total. The van der Waals surface area contributed by atoms with Gasteiger partial charge in [0, 0.05) is 31.9 Å². The van der Waals surface area contributed by atoms with Crippen molar-refractivity contribution < 1.29 is 18.8 Å². The van der Waals surface area contributed by atoms with Crippen molar-refractivity contribution >= 4 is 23.4 Å². The molecule has 2 aliphatic rings. The Morgan fingerprint density at radius 1 is 1.03 bits per heavy atom. The van der Waals surface area contributed by atoms with Crippen LogP contribution in [0.1, 0.15) is 29.0 Å². The van der Waals surface area contributed by atoms with Crippen LogP contribution in [0.4, 0.5) is 5.69 Å². The fourth-order valence-electron chi connectivity index (χ4n) is 3.55. The van der Waals surface area contributed by atoms with E-state index in [1.54, 1.807) is 46.2 Å². The van der Waals surface area contributed by atoms with Crippen LogP contribution in [0, 0.1) is 16.7 Å². The quantitative estimate of drug-likeness (QED) is 0.799. The Morgan fingerprint density at radius 3 is 2.38 bits per heavy atom. The number of anilines is 1. The molecule has 148 valence electrons. The lowest BCUT2D eigenvalue weighted by Crippen LogP contribution is -2.53. The molecule has 29 heavy (non-hydrogen) atoms. The summed E-state index contributed by atoms with van der Waals surface area (Å²) in [5, 5.41) is 11.8. The van der Waals surface area contributed by atoms with Crippen LogP contribution in [0.25, 0.3) is 0 Å². The van der Waals surface area contributed by atoms with E-state index in [1.807, 2.05) is 6.07 Å². The lowest BCUT2D eigenvalue weighted by Gasteiger charge is -2.36. The number of nitriles is 1. The van der Waals surface area contributed by atoms with Crippen molar-refractivity contribution in [1.29, 1.82) is 5.26 Å². The maximum absolute atomic E-state index is 13.0. The zero-order valence-corrected chi connectivity index (χ0v) is 15.8. The molecule has 1 saturated heterocycles. The number of hydrogen-bond acceptors (Lipinski definition) is 5. The van der Waals surface area contributed by atoms with Crippen LogP contribution < -0.4 is 5.32 Å². The van der Waals surface area contributed by atoms with E-state index in [2.05, 4.69) is 5.32 Å². The van der Waals surface area contributed by atoms with Crippen molar-refractivity contribution in [3.63, 3.8) is 0 Å². The van der Waals surface area contributed by atoms with Crippen molar-refractivity contribution in [3.8, 4) is 6.07 Å². The molecule has 1 aliphatic carbocycles. The maximum atomic E-state index is 13.0. The number of carbonyl (C=O) groups excluding carboxylic acids is 3. The first-order valence-corrected chi connectivity index (χ1v) is 9.47. The number of piperazine rings is 1. The molecule has 0 unspecified atom stereocenters. The summed E-state index contributed by atoms with van der Waals surface area (Å²) in [5.41, 5.74) is -0.103. The van der Waals surface area contributed by atoms with Crippen molar-refractivity contribution in [2.75, 3.05) is 31.5 Å². The molecule has 2 fully saturated rings. The molecule has 1 N–H and O–H groups in total. The highest BCUT2D eigenvalue weighted by atomic mass is 16.3. The first kappa shape index (κ1) is 18.7. The number of amides is 3. The van der Waals surface area contributed by atoms with E-state index in [0.717, 1.165) is 0 Å². The van der Waals surface area contributed by atoms with Gasteiger partial charge >= 0.3 is 0 Å². The van der Waals surface area contributed by atoms with E-state index >= 15 is 0 Å². The Kier molecular flexibility index (Phi) is 4.80. The van der Waals surface area contributed by atoms with Gasteiger partial charge in [-0.25, -0.2) is 0 Å². The van der Waals surface area contributed by atoms with Crippen LogP contribution in [0.2, 0.25) is 0 Å². The predicted molar refractivity (Wildman–Crippen MR) is 103 cm³/mol. The second kappa shape index (κ2) is 7.43. The molecular weight excluding hydrogens is 372 g/mol. The molecule has 8 heteroatoms. The molecule has 4 rings (SSSR count). The van der Waals surface area contributed by atoms with E-state index in [0.29, 0.717) is 50.3 Å². The first-order chi connectivity index (χ1) is 14.0. The topological polar surface area (TPSA) is 107 Å². The highest BCUT2D eigenvalue weighted by Crippen LogP contribution is 2.48. The summed E-state index contributed by atoms with van der Waals surface area (Å²) >= 11 is 0.